The lowest BCUT2D eigenvalue weighted by Gasteiger charge is -2.19. The van der Waals surface area contributed by atoms with Gasteiger partial charge in [0.1, 0.15) is 0 Å². The van der Waals surface area contributed by atoms with Gasteiger partial charge in [0.15, 0.2) is 0 Å². The van der Waals surface area contributed by atoms with Gasteiger partial charge in [-0.1, -0.05) is 49.7 Å². The topological polar surface area (TPSA) is 29.5 Å². The van der Waals surface area contributed by atoms with Crippen molar-refractivity contribution in [1.82, 2.24) is 4.90 Å². The first-order chi connectivity index (χ1) is 9.15. The fourth-order valence-electron chi connectivity index (χ4n) is 1.58. The van der Waals surface area contributed by atoms with Crippen molar-refractivity contribution in [3.8, 4) is 0 Å². The van der Waals surface area contributed by atoms with E-state index in [0.29, 0.717) is 6.61 Å². The Kier molecular flexibility index (Phi) is 10.7. The van der Waals surface area contributed by atoms with Gasteiger partial charge in [-0.15, -0.1) is 0 Å². The molecule has 0 aliphatic carbocycles. The molecule has 0 saturated heterocycles. The zero-order valence-corrected chi connectivity index (χ0v) is 12.7. The minimum Gasteiger partial charge on any atom is -0.450 e. The van der Waals surface area contributed by atoms with Crippen LogP contribution in [-0.4, -0.2) is 30.7 Å². The number of hydrogen-bond donors (Lipinski definition) is 0. The Hall–Kier alpha value is -1.51. The molecule has 0 N–H and O–H groups in total. The number of amides is 1. The number of ether oxygens (including phenoxy) is 1. The summed E-state index contributed by atoms with van der Waals surface area (Å²) in [5, 5.41) is 0. The van der Waals surface area contributed by atoms with Crippen LogP contribution in [0, 0.1) is 6.92 Å². The molecule has 0 fully saturated rings. The molecule has 0 heterocycles. The summed E-state index contributed by atoms with van der Waals surface area (Å²) in [4.78, 5) is 13.0. The van der Waals surface area contributed by atoms with Crippen LogP contribution in [0.3, 0.4) is 0 Å². The molecule has 0 atom stereocenters. The summed E-state index contributed by atoms with van der Waals surface area (Å²) in [6.45, 7) is 10.1. The standard InChI is InChI=1S/C9H19NO2.C7H8/c1-4-7-10(8-5-2)9(11)12-6-3;1-7-5-3-2-4-6-7/h4-8H2,1-3H3;2-6H,1H3. The van der Waals surface area contributed by atoms with Crippen molar-refractivity contribution in [1.29, 1.82) is 0 Å². The fourth-order valence-corrected chi connectivity index (χ4v) is 1.58. The van der Waals surface area contributed by atoms with E-state index in [0.717, 1.165) is 25.9 Å². The number of benzene rings is 1. The van der Waals surface area contributed by atoms with Gasteiger partial charge in [-0.3, -0.25) is 0 Å². The first-order valence-electron chi connectivity index (χ1n) is 7.08. The SMILES string of the molecule is CCCN(CCC)C(=O)OCC.Cc1ccccc1. The molecule has 1 aromatic rings. The zero-order chi connectivity index (χ0) is 14.5. The lowest BCUT2D eigenvalue weighted by atomic mass is 10.2. The van der Waals surface area contributed by atoms with Gasteiger partial charge in [0, 0.05) is 13.1 Å². The van der Waals surface area contributed by atoms with Gasteiger partial charge >= 0.3 is 6.09 Å². The van der Waals surface area contributed by atoms with E-state index in [2.05, 4.69) is 32.9 Å². The first-order valence-corrected chi connectivity index (χ1v) is 7.08. The molecule has 0 bridgehead atoms. The Morgan fingerprint density at radius 1 is 1.05 bits per heavy atom. The van der Waals surface area contributed by atoms with E-state index < -0.39 is 0 Å². The smallest absolute Gasteiger partial charge is 0.409 e. The van der Waals surface area contributed by atoms with E-state index in [1.165, 1.54) is 5.56 Å². The molecule has 0 aromatic heterocycles. The Morgan fingerprint density at radius 3 is 1.89 bits per heavy atom. The van der Waals surface area contributed by atoms with E-state index in [4.69, 9.17) is 4.74 Å². The van der Waals surface area contributed by atoms with Crippen LogP contribution < -0.4 is 0 Å². The molecule has 0 radical (unpaired) electrons. The average Bonchev–Trinajstić information content (AvgIpc) is 2.40. The second kappa shape index (κ2) is 11.6. The quantitative estimate of drug-likeness (QED) is 0.796. The maximum absolute atomic E-state index is 11.2. The van der Waals surface area contributed by atoms with Gasteiger partial charge in [0.05, 0.1) is 6.61 Å². The lowest BCUT2D eigenvalue weighted by molar-refractivity contribution is 0.107. The Bertz CT molecular complexity index is 319. The molecule has 1 amide bonds. The van der Waals surface area contributed by atoms with Crippen LogP contribution in [0.1, 0.15) is 39.2 Å². The van der Waals surface area contributed by atoms with E-state index in [-0.39, 0.29) is 6.09 Å². The number of rotatable bonds is 5. The second-order valence-corrected chi connectivity index (χ2v) is 4.34. The highest BCUT2D eigenvalue weighted by atomic mass is 16.6. The number of hydrogen-bond acceptors (Lipinski definition) is 2. The van der Waals surface area contributed by atoms with Gasteiger partial charge in [-0.2, -0.15) is 0 Å². The number of carbonyl (C=O) groups is 1. The van der Waals surface area contributed by atoms with Crippen molar-refractivity contribution in [3.05, 3.63) is 35.9 Å². The normalized spacial score (nSPS) is 9.26. The number of aryl methyl sites for hydroxylation is 1. The molecule has 0 unspecified atom stereocenters. The molecular weight excluding hydrogens is 238 g/mol. The van der Waals surface area contributed by atoms with Crippen molar-refractivity contribution in [2.75, 3.05) is 19.7 Å². The summed E-state index contributed by atoms with van der Waals surface area (Å²) in [7, 11) is 0. The summed E-state index contributed by atoms with van der Waals surface area (Å²) < 4.78 is 4.90. The highest BCUT2D eigenvalue weighted by Gasteiger charge is 2.11. The van der Waals surface area contributed by atoms with Gasteiger partial charge in [-0.05, 0) is 26.7 Å². The van der Waals surface area contributed by atoms with Crippen LogP contribution in [0.4, 0.5) is 4.79 Å². The maximum atomic E-state index is 11.2. The number of carbonyl (C=O) groups excluding carboxylic acids is 1. The highest BCUT2D eigenvalue weighted by Crippen LogP contribution is 1.97. The third-order valence-electron chi connectivity index (χ3n) is 2.45. The predicted octanol–water partition coefficient (Wildman–Crippen LogP) is 4.26. The van der Waals surface area contributed by atoms with Crippen LogP contribution in [0.25, 0.3) is 0 Å². The maximum Gasteiger partial charge on any atom is 0.409 e. The lowest BCUT2D eigenvalue weighted by Crippen LogP contribution is -2.32. The second-order valence-electron chi connectivity index (χ2n) is 4.34. The highest BCUT2D eigenvalue weighted by molar-refractivity contribution is 5.67. The van der Waals surface area contributed by atoms with Crippen molar-refractivity contribution >= 4 is 6.09 Å². The van der Waals surface area contributed by atoms with Crippen molar-refractivity contribution in [2.24, 2.45) is 0 Å². The average molecular weight is 265 g/mol. The van der Waals surface area contributed by atoms with Crippen molar-refractivity contribution < 1.29 is 9.53 Å². The molecule has 0 spiro atoms. The van der Waals surface area contributed by atoms with Crippen LogP contribution >= 0.6 is 0 Å². The molecule has 3 nitrogen and oxygen atoms in total. The summed E-state index contributed by atoms with van der Waals surface area (Å²) in [5.41, 5.74) is 1.32. The molecule has 0 aliphatic rings. The van der Waals surface area contributed by atoms with Crippen LogP contribution in [0.15, 0.2) is 30.3 Å². The minimum atomic E-state index is -0.179. The van der Waals surface area contributed by atoms with Crippen LogP contribution in [-0.2, 0) is 4.74 Å². The minimum absolute atomic E-state index is 0.179. The third-order valence-corrected chi connectivity index (χ3v) is 2.45. The van der Waals surface area contributed by atoms with Gasteiger partial charge in [0.2, 0.25) is 0 Å². The summed E-state index contributed by atoms with van der Waals surface area (Å²) in [6, 6.07) is 10.3. The Labute approximate surface area is 117 Å². The molecule has 3 heteroatoms. The predicted molar refractivity (Wildman–Crippen MR) is 80.4 cm³/mol. The molecule has 0 saturated carbocycles. The zero-order valence-electron chi connectivity index (χ0n) is 12.7. The molecule has 1 rings (SSSR count). The molecular formula is C16H27NO2. The van der Waals surface area contributed by atoms with Crippen LogP contribution in [0.5, 0.6) is 0 Å². The number of nitrogens with zero attached hydrogens (tertiary/aromatic N) is 1. The monoisotopic (exact) mass is 265 g/mol. The van der Waals surface area contributed by atoms with Gasteiger partial charge < -0.3 is 9.64 Å². The van der Waals surface area contributed by atoms with E-state index in [1.807, 2.05) is 25.1 Å². The fraction of sp³-hybridized carbons (Fsp3) is 0.562. The molecule has 19 heavy (non-hydrogen) atoms. The third kappa shape index (κ3) is 9.11. The first kappa shape index (κ1) is 17.5. The summed E-state index contributed by atoms with van der Waals surface area (Å²) in [5.74, 6) is 0. The van der Waals surface area contributed by atoms with Crippen molar-refractivity contribution in [2.45, 2.75) is 40.5 Å². The molecule has 1 aromatic carbocycles. The summed E-state index contributed by atoms with van der Waals surface area (Å²) >= 11 is 0. The molecule has 0 aliphatic heterocycles. The summed E-state index contributed by atoms with van der Waals surface area (Å²) in [6.07, 6.45) is 1.79. The Morgan fingerprint density at radius 2 is 1.58 bits per heavy atom. The largest absolute Gasteiger partial charge is 0.450 e. The van der Waals surface area contributed by atoms with Gasteiger partial charge in [0.25, 0.3) is 0 Å². The van der Waals surface area contributed by atoms with Crippen LogP contribution in [0.2, 0.25) is 0 Å². The van der Waals surface area contributed by atoms with Crippen molar-refractivity contribution in [3.63, 3.8) is 0 Å². The van der Waals surface area contributed by atoms with E-state index in [9.17, 15) is 4.79 Å². The Balaban J connectivity index is 0.000000388. The molecule has 108 valence electrons. The van der Waals surface area contributed by atoms with Gasteiger partial charge in [-0.25, -0.2) is 4.79 Å². The van der Waals surface area contributed by atoms with E-state index in [1.54, 1.807) is 4.90 Å². The van der Waals surface area contributed by atoms with E-state index >= 15 is 0 Å².